The van der Waals surface area contributed by atoms with E-state index < -0.39 is 0 Å². The molecule has 1 nitrogen and oxygen atoms in total. The summed E-state index contributed by atoms with van der Waals surface area (Å²) in [5.74, 6) is 0.828. The summed E-state index contributed by atoms with van der Waals surface area (Å²) in [6, 6.07) is 20.6. The van der Waals surface area contributed by atoms with E-state index in [2.05, 4.69) is 85.1 Å². The Balaban J connectivity index is 1.70. The molecular weight excluding hydrogens is 322 g/mol. The van der Waals surface area contributed by atoms with E-state index in [0.717, 1.165) is 5.92 Å². The summed E-state index contributed by atoms with van der Waals surface area (Å²) >= 11 is 2.22. The number of nitrogens with zero attached hydrogens (tertiary/aromatic N) is 1. The highest BCUT2D eigenvalue weighted by Gasteiger charge is 2.44. The second kappa shape index (κ2) is 7.45. The topological polar surface area (TPSA) is 3.24 Å². The van der Waals surface area contributed by atoms with Crippen molar-refractivity contribution in [3.63, 3.8) is 0 Å². The highest BCUT2D eigenvalue weighted by molar-refractivity contribution is 8.00. The van der Waals surface area contributed by atoms with Gasteiger partial charge in [0.25, 0.3) is 0 Å². The molecule has 0 amide bonds. The molecule has 1 heterocycles. The molecular formula is C23H29NS. The normalized spacial score (nSPS) is 27.6. The molecule has 0 N–H and O–H groups in total. The Morgan fingerprint density at radius 3 is 2.28 bits per heavy atom. The lowest BCUT2D eigenvalue weighted by Gasteiger charge is -2.37. The quantitative estimate of drug-likeness (QED) is 0.614. The van der Waals surface area contributed by atoms with Gasteiger partial charge in [-0.05, 0) is 49.8 Å². The van der Waals surface area contributed by atoms with Gasteiger partial charge < -0.3 is 4.90 Å². The molecule has 1 aliphatic heterocycles. The third-order valence-corrected chi connectivity index (χ3v) is 7.86. The average Bonchev–Trinajstić information content (AvgIpc) is 3.01. The van der Waals surface area contributed by atoms with Gasteiger partial charge in [-0.1, -0.05) is 67.8 Å². The minimum atomic E-state index is 0.528. The van der Waals surface area contributed by atoms with Crippen molar-refractivity contribution >= 4 is 17.4 Å². The highest BCUT2D eigenvalue weighted by Crippen LogP contribution is 2.52. The Labute approximate surface area is 156 Å². The maximum absolute atomic E-state index is 2.76. The third-order valence-electron chi connectivity index (χ3n) is 6.01. The van der Waals surface area contributed by atoms with Gasteiger partial charge >= 0.3 is 0 Å². The average molecular weight is 352 g/mol. The summed E-state index contributed by atoms with van der Waals surface area (Å²) in [4.78, 5) is 2.76. The van der Waals surface area contributed by atoms with Crippen molar-refractivity contribution in [1.29, 1.82) is 0 Å². The Kier molecular flexibility index (Phi) is 5.08. The Hall–Kier alpha value is -1.41. The van der Waals surface area contributed by atoms with Gasteiger partial charge in [-0.3, -0.25) is 0 Å². The van der Waals surface area contributed by atoms with Crippen LogP contribution in [0.5, 0.6) is 0 Å². The molecule has 0 aromatic heterocycles. The zero-order valence-electron chi connectivity index (χ0n) is 15.4. The van der Waals surface area contributed by atoms with Crippen LogP contribution in [0.1, 0.15) is 55.4 Å². The fraction of sp³-hybridized carbons (Fsp3) is 0.478. The lowest BCUT2D eigenvalue weighted by atomic mass is 9.88. The van der Waals surface area contributed by atoms with Gasteiger partial charge in [0.2, 0.25) is 0 Å². The van der Waals surface area contributed by atoms with Crippen molar-refractivity contribution in [2.45, 2.75) is 62.6 Å². The summed E-state index contributed by atoms with van der Waals surface area (Å²) < 4.78 is 0. The highest BCUT2D eigenvalue weighted by atomic mass is 32.2. The summed E-state index contributed by atoms with van der Waals surface area (Å²) in [6.07, 6.45) is 7.04. The maximum atomic E-state index is 2.76. The second-order valence-electron chi connectivity index (χ2n) is 7.69. The largest absolute Gasteiger partial charge is 0.355 e. The zero-order valence-corrected chi connectivity index (χ0v) is 16.2. The molecule has 1 aliphatic carbocycles. The van der Waals surface area contributed by atoms with Gasteiger partial charge in [0.05, 0.1) is 10.6 Å². The zero-order chi connectivity index (χ0) is 17.2. The maximum Gasteiger partial charge on any atom is 0.0789 e. The first-order valence-corrected chi connectivity index (χ1v) is 10.7. The number of hydrogen-bond acceptors (Lipinski definition) is 2. The Bertz CT molecular complexity index is 692. The second-order valence-corrected chi connectivity index (χ2v) is 8.95. The molecule has 2 heteroatoms. The molecule has 2 aromatic rings. The molecule has 1 saturated heterocycles. The van der Waals surface area contributed by atoms with E-state index >= 15 is 0 Å². The Morgan fingerprint density at radius 2 is 1.56 bits per heavy atom. The fourth-order valence-electron chi connectivity index (χ4n) is 4.67. The first-order chi connectivity index (χ1) is 12.3. The molecule has 4 rings (SSSR count). The number of aryl methyl sites for hydroxylation is 1. The molecule has 1 saturated carbocycles. The minimum Gasteiger partial charge on any atom is -0.355 e. The lowest BCUT2D eigenvalue weighted by Crippen LogP contribution is -2.40. The van der Waals surface area contributed by atoms with Crippen LogP contribution in [0.3, 0.4) is 0 Å². The number of para-hydroxylation sites is 1. The summed E-state index contributed by atoms with van der Waals surface area (Å²) in [5.41, 5.74) is 4.33. The molecule has 0 radical (unpaired) electrons. The smallest absolute Gasteiger partial charge is 0.0789 e. The van der Waals surface area contributed by atoms with E-state index in [1.54, 1.807) is 0 Å². The van der Waals surface area contributed by atoms with E-state index in [4.69, 9.17) is 0 Å². The predicted molar refractivity (Wildman–Crippen MR) is 110 cm³/mol. The number of benzene rings is 2. The van der Waals surface area contributed by atoms with Crippen molar-refractivity contribution in [1.82, 2.24) is 0 Å². The monoisotopic (exact) mass is 351 g/mol. The SMILES string of the molecule is Cc1ccccc1N1C(C2CCCCC2)SC(c2ccccc2)[C@@H]1C. The van der Waals surface area contributed by atoms with Gasteiger partial charge in [-0.25, -0.2) is 0 Å². The van der Waals surface area contributed by atoms with Crippen molar-refractivity contribution in [2.24, 2.45) is 5.92 Å². The van der Waals surface area contributed by atoms with E-state index in [1.165, 1.54) is 48.9 Å². The van der Waals surface area contributed by atoms with Crippen LogP contribution in [0.25, 0.3) is 0 Å². The molecule has 25 heavy (non-hydrogen) atoms. The van der Waals surface area contributed by atoms with Gasteiger partial charge in [-0.15, -0.1) is 11.8 Å². The lowest BCUT2D eigenvalue weighted by molar-refractivity contribution is 0.341. The molecule has 2 aliphatic rings. The van der Waals surface area contributed by atoms with Crippen LogP contribution in [-0.4, -0.2) is 11.4 Å². The number of thioether (sulfide) groups is 1. The van der Waals surface area contributed by atoms with Crippen LogP contribution in [0.15, 0.2) is 54.6 Å². The molecule has 2 unspecified atom stereocenters. The summed E-state index contributed by atoms with van der Waals surface area (Å²) in [6.45, 7) is 4.69. The minimum absolute atomic E-state index is 0.528. The van der Waals surface area contributed by atoms with Crippen LogP contribution >= 0.6 is 11.8 Å². The van der Waals surface area contributed by atoms with Gasteiger partial charge in [0.1, 0.15) is 0 Å². The molecule has 3 atom stereocenters. The van der Waals surface area contributed by atoms with Gasteiger partial charge in [-0.2, -0.15) is 0 Å². The molecule has 2 fully saturated rings. The fourth-order valence-corrected chi connectivity index (χ4v) is 6.58. The predicted octanol–water partition coefficient (Wildman–Crippen LogP) is 6.58. The Morgan fingerprint density at radius 1 is 0.880 bits per heavy atom. The number of anilines is 1. The van der Waals surface area contributed by atoms with Gasteiger partial charge in [0, 0.05) is 11.7 Å². The van der Waals surface area contributed by atoms with E-state index in [-0.39, 0.29) is 0 Å². The number of rotatable bonds is 3. The van der Waals surface area contributed by atoms with Crippen LogP contribution in [-0.2, 0) is 0 Å². The van der Waals surface area contributed by atoms with E-state index in [9.17, 15) is 0 Å². The first-order valence-electron chi connectivity index (χ1n) is 9.80. The van der Waals surface area contributed by atoms with Crippen molar-refractivity contribution in [3.8, 4) is 0 Å². The summed E-state index contributed by atoms with van der Waals surface area (Å²) in [7, 11) is 0. The standard InChI is InChI=1S/C23H29NS/c1-17-11-9-10-16-21(17)24-18(2)22(19-12-5-3-6-13-19)25-23(24)20-14-7-4-8-15-20/h3,5-6,9-13,16,18,20,22-23H,4,7-8,14-15H2,1-2H3/t18-,22?,23?/m0/s1. The molecule has 2 aromatic carbocycles. The van der Waals surface area contributed by atoms with Crippen LogP contribution in [0, 0.1) is 12.8 Å². The first kappa shape index (κ1) is 17.0. The van der Waals surface area contributed by atoms with E-state index in [0.29, 0.717) is 16.7 Å². The van der Waals surface area contributed by atoms with Crippen LogP contribution in [0.4, 0.5) is 5.69 Å². The number of hydrogen-bond donors (Lipinski definition) is 0. The van der Waals surface area contributed by atoms with Crippen LogP contribution < -0.4 is 4.90 Å². The van der Waals surface area contributed by atoms with Crippen molar-refractivity contribution < 1.29 is 0 Å². The molecule has 132 valence electrons. The molecule has 0 spiro atoms. The van der Waals surface area contributed by atoms with Crippen molar-refractivity contribution in [2.75, 3.05) is 4.90 Å². The van der Waals surface area contributed by atoms with Crippen molar-refractivity contribution in [3.05, 3.63) is 65.7 Å². The third kappa shape index (κ3) is 3.33. The van der Waals surface area contributed by atoms with E-state index in [1.807, 2.05) is 0 Å². The van der Waals surface area contributed by atoms with Crippen LogP contribution in [0.2, 0.25) is 0 Å². The molecule has 0 bridgehead atoms. The van der Waals surface area contributed by atoms with Gasteiger partial charge in [0.15, 0.2) is 0 Å². The summed E-state index contributed by atoms with van der Waals surface area (Å²) in [5, 5.41) is 1.18.